The highest BCUT2D eigenvalue weighted by atomic mass is 16.5. The van der Waals surface area contributed by atoms with E-state index in [9.17, 15) is 15.0 Å². The van der Waals surface area contributed by atoms with Crippen LogP contribution in [0, 0.1) is 5.92 Å². The quantitative estimate of drug-likeness (QED) is 0.900. The fraction of sp³-hybridized carbons (Fsp3) is 0.375. The molecule has 1 fully saturated rings. The van der Waals surface area contributed by atoms with Crippen LogP contribution >= 0.6 is 0 Å². The summed E-state index contributed by atoms with van der Waals surface area (Å²) in [5, 5.41) is 22.9. The van der Waals surface area contributed by atoms with E-state index in [0.29, 0.717) is 17.9 Å². The first kappa shape index (κ1) is 14.6. The van der Waals surface area contributed by atoms with Crippen LogP contribution in [-0.4, -0.2) is 41.0 Å². The van der Waals surface area contributed by atoms with Crippen molar-refractivity contribution in [2.75, 3.05) is 24.6 Å². The zero-order valence-corrected chi connectivity index (χ0v) is 12.1. The summed E-state index contributed by atoms with van der Waals surface area (Å²) >= 11 is 0. The molecule has 0 saturated carbocycles. The van der Waals surface area contributed by atoms with Gasteiger partial charge in [-0.3, -0.25) is 0 Å². The summed E-state index contributed by atoms with van der Waals surface area (Å²) in [6, 6.07) is 9.10. The first-order valence-corrected chi connectivity index (χ1v) is 7.35. The topological polar surface area (TPSA) is 86.8 Å². The first-order chi connectivity index (χ1) is 10.7. The Bertz CT molecular complexity index is 653. The molecule has 0 bridgehead atoms. The fourth-order valence-corrected chi connectivity index (χ4v) is 2.88. The largest absolute Gasteiger partial charge is 0.477 e. The second kappa shape index (κ2) is 6.19. The number of hydrogen-bond acceptors (Lipinski definition) is 5. The lowest BCUT2D eigenvalue weighted by Crippen LogP contribution is -2.37. The Kier molecular flexibility index (Phi) is 4.11. The Balaban J connectivity index is 1.99. The van der Waals surface area contributed by atoms with Crippen LogP contribution < -0.4 is 4.90 Å². The molecule has 0 aliphatic carbocycles. The lowest BCUT2D eigenvalue weighted by atomic mass is 9.98. The first-order valence-electron chi connectivity index (χ1n) is 7.35. The number of benzene rings is 1. The van der Waals surface area contributed by atoms with Crippen LogP contribution in [0.15, 0.2) is 34.9 Å². The Morgan fingerprint density at radius 2 is 2.14 bits per heavy atom. The average Bonchev–Trinajstić information content (AvgIpc) is 3.01. The molecule has 1 unspecified atom stereocenters. The molecule has 3 rings (SSSR count). The SMILES string of the molecule is O=C(O)c1c(N2CCCC(CO)C2)noc1-c1ccccc1. The molecule has 1 aromatic heterocycles. The number of aliphatic hydroxyl groups is 1. The number of nitrogens with zero attached hydrogens (tertiary/aromatic N) is 2. The van der Waals surface area contributed by atoms with Gasteiger partial charge in [0.05, 0.1) is 0 Å². The van der Waals surface area contributed by atoms with E-state index in [-0.39, 0.29) is 23.8 Å². The van der Waals surface area contributed by atoms with Gasteiger partial charge in [0, 0.05) is 25.3 Å². The average molecular weight is 302 g/mol. The number of carboxylic acid groups (broad SMARTS) is 1. The van der Waals surface area contributed by atoms with Crippen molar-refractivity contribution in [3.63, 3.8) is 0 Å². The van der Waals surface area contributed by atoms with Crippen LogP contribution in [0.3, 0.4) is 0 Å². The van der Waals surface area contributed by atoms with Gasteiger partial charge in [-0.1, -0.05) is 35.5 Å². The number of piperidine rings is 1. The summed E-state index contributed by atoms with van der Waals surface area (Å²) in [4.78, 5) is 13.6. The predicted octanol–water partition coefficient (Wildman–Crippen LogP) is 2.25. The van der Waals surface area contributed by atoms with E-state index < -0.39 is 5.97 Å². The molecular formula is C16H18N2O4. The highest BCUT2D eigenvalue weighted by Gasteiger charge is 2.30. The Morgan fingerprint density at radius 1 is 1.36 bits per heavy atom. The smallest absolute Gasteiger partial charge is 0.343 e. The number of rotatable bonds is 4. The number of carboxylic acids is 1. The van der Waals surface area contributed by atoms with Gasteiger partial charge in [0.15, 0.2) is 17.1 Å². The van der Waals surface area contributed by atoms with Crippen LogP contribution in [0.4, 0.5) is 5.82 Å². The predicted molar refractivity (Wildman–Crippen MR) is 80.9 cm³/mol. The van der Waals surface area contributed by atoms with E-state index >= 15 is 0 Å². The number of anilines is 1. The van der Waals surface area contributed by atoms with Crippen molar-refractivity contribution in [3.05, 3.63) is 35.9 Å². The van der Waals surface area contributed by atoms with Gasteiger partial charge in [-0.15, -0.1) is 0 Å². The maximum Gasteiger partial charge on any atom is 0.343 e. The Labute approximate surface area is 128 Å². The lowest BCUT2D eigenvalue weighted by Gasteiger charge is -2.31. The highest BCUT2D eigenvalue weighted by Crippen LogP contribution is 2.33. The van der Waals surface area contributed by atoms with Crippen LogP contribution in [0.2, 0.25) is 0 Å². The highest BCUT2D eigenvalue weighted by molar-refractivity contribution is 5.99. The van der Waals surface area contributed by atoms with Crippen molar-refractivity contribution >= 4 is 11.8 Å². The molecule has 1 aliphatic rings. The summed E-state index contributed by atoms with van der Waals surface area (Å²) in [5.41, 5.74) is 0.777. The molecule has 1 aliphatic heterocycles. The van der Waals surface area contributed by atoms with Crippen molar-refractivity contribution in [3.8, 4) is 11.3 Å². The third kappa shape index (κ3) is 2.69. The second-order valence-electron chi connectivity index (χ2n) is 5.52. The van der Waals surface area contributed by atoms with E-state index in [4.69, 9.17) is 4.52 Å². The van der Waals surface area contributed by atoms with Gasteiger partial charge in [-0.05, 0) is 18.8 Å². The van der Waals surface area contributed by atoms with Gasteiger partial charge in [-0.2, -0.15) is 0 Å². The zero-order valence-electron chi connectivity index (χ0n) is 12.1. The summed E-state index contributed by atoms with van der Waals surface area (Å²) in [7, 11) is 0. The Hall–Kier alpha value is -2.34. The molecule has 0 radical (unpaired) electrons. The molecule has 0 spiro atoms. The minimum Gasteiger partial charge on any atom is -0.477 e. The third-order valence-corrected chi connectivity index (χ3v) is 4.00. The van der Waals surface area contributed by atoms with E-state index in [1.54, 1.807) is 12.1 Å². The summed E-state index contributed by atoms with van der Waals surface area (Å²) < 4.78 is 5.33. The van der Waals surface area contributed by atoms with Gasteiger partial charge in [-0.25, -0.2) is 4.79 Å². The maximum atomic E-state index is 11.7. The van der Waals surface area contributed by atoms with Gasteiger partial charge in [0.25, 0.3) is 0 Å². The van der Waals surface area contributed by atoms with Gasteiger partial charge < -0.3 is 19.6 Å². The third-order valence-electron chi connectivity index (χ3n) is 4.00. The minimum atomic E-state index is -1.05. The molecule has 6 heteroatoms. The van der Waals surface area contributed by atoms with Crippen molar-refractivity contribution in [2.45, 2.75) is 12.8 Å². The molecule has 2 heterocycles. The molecule has 2 N–H and O–H groups in total. The van der Waals surface area contributed by atoms with Gasteiger partial charge in [0.1, 0.15) is 0 Å². The number of aliphatic hydroxyl groups excluding tert-OH is 1. The van der Waals surface area contributed by atoms with E-state index in [2.05, 4.69) is 5.16 Å². The molecule has 1 aromatic carbocycles. The van der Waals surface area contributed by atoms with Crippen LogP contribution in [0.25, 0.3) is 11.3 Å². The second-order valence-corrected chi connectivity index (χ2v) is 5.52. The number of aromatic carboxylic acids is 1. The van der Waals surface area contributed by atoms with Gasteiger partial charge in [0.2, 0.25) is 0 Å². The normalized spacial score (nSPS) is 18.4. The molecule has 1 atom stereocenters. The summed E-state index contributed by atoms with van der Waals surface area (Å²) in [5.74, 6) is -0.285. The summed E-state index contributed by atoms with van der Waals surface area (Å²) in [6.07, 6.45) is 1.84. The summed E-state index contributed by atoms with van der Waals surface area (Å²) in [6.45, 7) is 1.41. The maximum absolute atomic E-state index is 11.7. The molecule has 22 heavy (non-hydrogen) atoms. The monoisotopic (exact) mass is 302 g/mol. The molecular weight excluding hydrogens is 284 g/mol. The van der Waals surface area contributed by atoms with Gasteiger partial charge >= 0.3 is 5.97 Å². The van der Waals surface area contributed by atoms with Crippen LogP contribution in [0.1, 0.15) is 23.2 Å². The number of carbonyl (C=O) groups is 1. The molecule has 1 saturated heterocycles. The van der Waals surface area contributed by atoms with Crippen LogP contribution in [0.5, 0.6) is 0 Å². The molecule has 2 aromatic rings. The van der Waals surface area contributed by atoms with Crippen molar-refractivity contribution in [2.24, 2.45) is 5.92 Å². The number of aromatic nitrogens is 1. The van der Waals surface area contributed by atoms with E-state index in [1.807, 2.05) is 23.1 Å². The molecule has 116 valence electrons. The zero-order chi connectivity index (χ0) is 15.5. The van der Waals surface area contributed by atoms with Crippen LogP contribution in [-0.2, 0) is 0 Å². The lowest BCUT2D eigenvalue weighted by molar-refractivity contribution is 0.0697. The molecule has 6 nitrogen and oxygen atoms in total. The van der Waals surface area contributed by atoms with Crippen molar-refractivity contribution in [1.82, 2.24) is 5.16 Å². The fourth-order valence-electron chi connectivity index (χ4n) is 2.88. The minimum absolute atomic E-state index is 0.0878. The number of hydrogen-bond donors (Lipinski definition) is 2. The van der Waals surface area contributed by atoms with Crippen molar-refractivity contribution in [1.29, 1.82) is 0 Å². The molecule has 0 amide bonds. The van der Waals surface area contributed by atoms with Crippen molar-refractivity contribution < 1.29 is 19.5 Å². The van der Waals surface area contributed by atoms with E-state index in [0.717, 1.165) is 19.4 Å². The van der Waals surface area contributed by atoms with E-state index in [1.165, 1.54) is 0 Å². The standard InChI is InChI=1S/C16H18N2O4/c19-10-11-5-4-8-18(9-11)15-13(16(20)21)14(22-17-15)12-6-2-1-3-7-12/h1-3,6-7,11,19H,4-5,8-10H2,(H,20,21). The Morgan fingerprint density at radius 3 is 2.82 bits per heavy atom.